The number of hydrogen-bond acceptors (Lipinski definition) is 3. The number of aryl methyl sites for hydroxylation is 3. The maximum absolute atomic E-state index is 4.70. The van der Waals surface area contributed by atoms with E-state index in [1.54, 1.807) is 0 Å². The predicted octanol–water partition coefficient (Wildman–Crippen LogP) is 5.43. The Morgan fingerprint density at radius 1 is 1.04 bits per heavy atom. The van der Waals surface area contributed by atoms with Gasteiger partial charge in [-0.1, -0.05) is 30.3 Å². The third kappa shape index (κ3) is 3.05. The summed E-state index contributed by atoms with van der Waals surface area (Å²) in [6.45, 7) is 1.96. The van der Waals surface area contributed by atoms with E-state index in [0.29, 0.717) is 6.04 Å². The van der Waals surface area contributed by atoms with Crippen LogP contribution >= 0.6 is 0 Å². The molecule has 2 aromatic carbocycles. The van der Waals surface area contributed by atoms with Crippen LogP contribution in [0.5, 0.6) is 0 Å². The van der Waals surface area contributed by atoms with Gasteiger partial charge in [0.05, 0.1) is 11.7 Å². The molecular weight excluding hydrogens is 344 g/mol. The summed E-state index contributed by atoms with van der Waals surface area (Å²) in [6, 6.07) is 19.8. The molecule has 2 aromatic heterocycles. The van der Waals surface area contributed by atoms with Crippen molar-refractivity contribution >= 4 is 16.7 Å². The van der Waals surface area contributed by atoms with Crippen LogP contribution in [0.1, 0.15) is 35.8 Å². The highest BCUT2D eigenvalue weighted by atomic mass is 15.0. The van der Waals surface area contributed by atoms with Gasteiger partial charge in [0.2, 0.25) is 0 Å². The van der Waals surface area contributed by atoms with Gasteiger partial charge in [-0.3, -0.25) is 0 Å². The largest absolute Gasteiger partial charge is 0.363 e. The van der Waals surface area contributed by atoms with Crippen LogP contribution in [-0.2, 0) is 13.5 Å². The first kappa shape index (κ1) is 17.0. The van der Waals surface area contributed by atoms with Crippen LogP contribution in [0.3, 0.4) is 0 Å². The minimum absolute atomic E-state index is 0.309. The molecule has 0 saturated carbocycles. The van der Waals surface area contributed by atoms with Gasteiger partial charge in [-0.25, -0.2) is 9.97 Å². The molecule has 5 rings (SSSR count). The molecule has 2 heterocycles. The van der Waals surface area contributed by atoms with Crippen molar-refractivity contribution in [3.63, 3.8) is 0 Å². The third-order valence-electron chi connectivity index (χ3n) is 5.71. The molecule has 4 nitrogen and oxygen atoms in total. The molecule has 0 bridgehead atoms. The number of nitrogens with one attached hydrogen (secondary N) is 1. The number of nitrogens with zero attached hydrogens (tertiary/aromatic N) is 3. The van der Waals surface area contributed by atoms with Crippen LogP contribution in [0.4, 0.5) is 5.82 Å². The Labute approximate surface area is 165 Å². The highest BCUT2D eigenvalue weighted by Crippen LogP contribution is 2.33. The van der Waals surface area contributed by atoms with Crippen molar-refractivity contribution in [3.8, 4) is 11.3 Å². The molecule has 4 aromatic rings. The van der Waals surface area contributed by atoms with E-state index in [2.05, 4.69) is 82.7 Å². The van der Waals surface area contributed by atoms with Gasteiger partial charge in [0.1, 0.15) is 11.6 Å². The zero-order chi connectivity index (χ0) is 19.1. The molecule has 0 aliphatic heterocycles. The lowest BCUT2D eigenvalue weighted by molar-refractivity contribution is 0.598. The molecule has 1 aliphatic rings. The average Bonchev–Trinajstić information content (AvgIpc) is 3.08. The Hall–Kier alpha value is -3.14. The third-order valence-corrected chi connectivity index (χ3v) is 5.71. The molecule has 0 radical (unpaired) electrons. The van der Waals surface area contributed by atoms with Crippen LogP contribution in [-0.4, -0.2) is 14.5 Å². The second kappa shape index (κ2) is 6.79. The average molecular weight is 368 g/mol. The molecule has 0 saturated heterocycles. The van der Waals surface area contributed by atoms with Crippen molar-refractivity contribution in [2.75, 3.05) is 5.32 Å². The second-order valence-corrected chi connectivity index (χ2v) is 7.67. The van der Waals surface area contributed by atoms with E-state index in [9.17, 15) is 0 Å². The lowest BCUT2D eigenvalue weighted by Crippen LogP contribution is -2.18. The van der Waals surface area contributed by atoms with Gasteiger partial charge in [0.25, 0.3) is 0 Å². The SMILES string of the molecule is Cc1nc(N[C@@H]2CCCc3ccccc32)cc(-c2ccc3c(ccn3C)c2)n1. The zero-order valence-corrected chi connectivity index (χ0v) is 16.3. The summed E-state index contributed by atoms with van der Waals surface area (Å²) in [6.07, 6.45) is 5.59. The summed E-state index contributed by atoms with van der Waals surface area (Å²) in [5.74, 6) is 1.69. The van der Waals surface area contributed by atoms with E-state index in [4.69, 9.17) is 4.98 Å². The Balaban J connectivity index is 1.49. The summed E-state index contributed by atoms with van der Waals surface area (Å²) < 4.78 is 2.14. The van der Waals surface area contributed by atoms with Crippen molar-refractivity contribution in [2.24, 2.45) is 7.05 Å². The molecule has 0 amide bonds. The van der Waals surface area contributed by atoms with Gasteiger partial charge < -0.3 is 9.88 Å². The first-order chi connectivity index (χ1) is 13.7. The zero-order valence-electron chi connectivity index (χ0n) is 16.3. The fourth-order valence-corrected chi connectivity index (χ4v) is 4.31. The summed E-state index contributed by atoms with van der Waals surface area (Å²) in [7, 11) is 2.07. The van der Waals surface area contributed by atoms with Crippen molar-refractivity contribution in [3.05, 3.63) is 77.7 Å². The molecule has 28 heavy (non-hydrogen) atoms. The standard InChI is InChI=1S/C24H24N4/c1-16-25-22(18-10-11-23-19(14-18)12-13-28(23)2)15-24(26-16)27-21-9-5-7-17-6-3-4-8-20(17)21/h3-4,6,8,10-15,21H,5,7,9H2,1-2H3,(H,25,26,27)/t21-/m1/s1. The topological polar surface area (TPSA) is 42.7 Å². The lowest BCUT2D eigenvalue weighted by Gasteiger charge is -2.27. The number of anilines is 1. The predicted molar refractivity (Wildman–Crippen MR) is 114 cm³/mol. The van der Waals surface area contributed by atoms with E-state index in [-0.39, 0.29) is 0 Å². The minimum Gasteiger partial charge on any atom is -0.363 e. The van der Waals surface area contributed by atoms with Gasteiger partial charge in [-0.15, -0.1) is 0 Å². The van der Waals surface area contributed by atoms with Crippen molar-refractivity contribution < 1.29 is 0 Å². The van der Waals surface area contributed by atoms with Crippen molar-refractivity contribution in [1.29, 1.82) is 0 Å². The van der Waals surface area contributed by atoms with E-state index >= 15 is 0 Å². The smallest absolute Gasteiger partial charge is 0.130 e. The highest BCUT2D eigenvalue weighted by Gasteiger charge is 2.20. The summed E-state index contributed by atoms with van der Waals surface area (Å²) >= 11 is 0. The molecular formula is C24H24N4. The minimum atomic E-state index is 0.309. The molecule has 1 N–H and O–H groups in total. The number of benzene rings is 2. The van der Waals surface area contributed by atoms with Crippen LogP contribution in [0.25, 0.3) is 22.2 Å². The van der Waals surface area contributed by atoms with Gasteiger partial charge in [-0.2, -0.15) is 0 Å². The normalized spacial score (nSPS) is 16.1. The van der Waals surface area contributed by atoms with E-state index < -0.39 is 0 Å². The first-order valence-corrected chi connectivity index (χ1v) is 9.93. The Morgan fingerprint density at radius 2 is 1.93 bits per heavy atom. The van der Waals surface area contributed by atoms with E-state index in [1.165, 1.54) is 34.9 Å². The Bertz CT molecular complexity index is 1160. The van der Waals surface area contributed by atoms with Gasteiger partial charge >= 0.3 is 0 Å². The summed E-state index contributed by atoms with van der Waals surface area (Å²) in [5.41, 5.74) is 6.16. The van der Waals surface area contributed by atoms with Crippen molar-refractivity contribution in [2.45, 2.75) is 32.2 Å². The summed E-state index contributed by atoms with van der Waals surface area (Å²) in [5, 5.41) is 4.90. The van der Waals surface area contributed by atoms with Gasteiger partial charge in [0.15, 0.2) is 0 Å². The number of aromatic nitrogens is 3. The maximum Gasteiger partial charge on any atom is 0.130 e. The quantitative estimate of drug-likeness (QED) is 0.524. The lowest BCUT2D eigenvalue weighted by atomic mass is 9.88. The highest BCUT2D eigenvalue weighted by molar-refractivity contribution is 5.85. The van der Waals surface area contributed by atoms with E-state index in [1.807, 2.05) is 6.92 Å². The fourth-order valence-electron chi connectivity index (χ4n) is 4.31. The van der Waals surface area contributed by atoms with Gasteiger partial charge in [0, 0.05) is 35.8 Å². The molecule has 1 aliphatic carbocycles. The Kier molecular flexibility index (Phi) is 4.12. The summed E-state index contributed by atoms with van der Waals surface area (Å²) in [4.78, 5) is 9.36. The van der Waals surface area contributed by atoms with Crippen LogP contribution in [0, 0.1) is 6.92 Å². The van der Waals surface area contributed by atoms with Crippen LogP contribution in [0.15, 0.2) is 60.8 Å². The van der Waals surface area contributed by atoms with Gasteiger partial charge in [-0.05, 0) is 55.5 Å². The number of fused-ring (bicyclic) bond motifs is 2. The maximum atomic E-state index is 4.70. The van der Waals surface area contributed by atoms with Crippen LogP contribution < -0.4 is 5.32 Å². The molecule has 140 valence electrons. The molecule has 4 heteroatoms. The fraction of sp³-hybridized carbons (Fsp3) is 0.250. The van der Waals surface area contributed by atoms with Crippen molar-refractivity contribution in [1.82, 2.24) is 14.5 Å². The number of rotatable bonds is 3. The molecule has 1 atom stereocenters. The number of hydrogen-bond donors (Lipinski definition) is 1. The molecule has 0 spiro atoms. The monoisotopic (exact) mass is 368 g/mol. The van der Waals surface area contributed by atoms with Crippen LogP contribution in [0.2, 0.25) is 0 Å². The molecule has 0 fully saturated rings. The Morgan fingerprint density at radius 3 is 2.86 bits per heavy atom. The first-order valence-electron chi connectivity index (χ1n) is 9.93. The van der Waals surface area contributed by atoms with E-state index in [0.717, 1.165) is 29.3 Å². The second-order valence-electron chi connectivity index (χ2n) is 7.67. The molecule has 0 unspecified atom stereocenters.